The number of hydrogen-bond donors (Lipinski definition) is 1. The van der Waals surface area contributed by atoms with Gasteiger partial charge in [0.05, 0.1) is 4.92 Å². The van der Waals surface area contributed by atoms with Gasteiger partial charge < -0.3 is 5.32 Å². The third-order valence-corrected chi connectivity index (χ3v) is 3.76. The number of anilines is 1. The van der Waals surface area contributed by atoms with Crippen molar-refractivity contribution >= 4 is 11.5 Å². The second-order valence-corrected chi connectivity index (χ2v) is 5.51. The van der Waals surface area contributed by atoms with Crippen LogP contribution in [-0.2, 0) is 7.05 Å². The van der Waals surface area contributed by atoms with Gasteiger partial charge >= 0.3 is 5.69 Å². The fourth-order valence-corrected chi connectivity index (χ4v) is 1.96. The van der Waals surface area contributed by atoms with Crippen LogP contribution >= 0.6 is 0 Å². The van der Waals surface area contributed by atoms with Crippen molar-refractivity contribution in [2.75, 3.05) is 5.32 Å². The van der Waals surface area contributed by atoms with Crippen LogP contribution < -0.4 is 5.32 Å². The van der Waals surface area contributed by atoms with Crippen molar-refractivity contribution in [2.24, 2.45) is 7.05 Å². The van der Waals surface area contributed by atoms with Gasteiger partial charge in [-0.1, -0.05) is 27.7 Å². The smallest absolute Gasteiger partial charge is 0.334 e. The van der Waals surface area contributed by atoms with Gasteiger partial charge in [-0.25, -0.2) is 4.68 Å². The summed E-state index contributed by atoms with van der Waals surface area (Å²) in [5, 5.41) is 18.9. The molecule has 0 atom stereocenters. The van der Waals surface area contributed by atoms with Crippen LogP contribution in [0.25, 0.3) is 0 Å². The van der Waals surface area contributed by atoms with Crippen molar-refractivity contribution < 1.29 is 4.92 Å². The fraction of sp³-hybridized carbons (Fsp3) is 0.769. The average molecular weight is 268 g/mol. The van der Waals surface area contributed by atoms with E-state index in [0.29, 0.717) is 11.5 Å². The van der Waals surface area contributed by atoms with Gasteiger partial charge in [-0.3, -0.25) is 10.1 Å². The lowest BCUT2D eigenvalue weighted by Crippen LogP contribution is -2.34. The van der Waals surface area contributed by atoms with Gasteiger partial charge in [-0.15, -0.1) is 0 Å². The standard InChI is InChI=1S/C13H24N4O2/c1-7-13(5,8-2)14-12-11(17(18)19)10(9(3)4)15-16(12)6/h9,14H,7-8H2,1-6H3. The summed E-state index contributed by atoms with van der Waals surface area (Å²) in [6, 6.07) is 0. The summed E-state index contributed by atoms with van der Waals surface area (Å²) < 4.78 is 1.58. The summed E-state index contributed by atoms with van der Waals surface area (Å²) in [5.74, 6) is 0.525. The normalized spacial score (nSPS) is 11.9. The molecule has 0 bridgehead atoms. The van der Waals surface area contributed by atoms with E-state index in [4.69, 9.17) is 0 Å². The van der Waals surface area contributed by atoms with E-state index in [1.807, 2.05) is 13.8 Å². The Labute approximate surface area is 114 Å². The summed E-state index contributed by atoms with van der Waals surface area (Å²) in [4.78, 5) is 11.0. The third-order valence-electron chi connectivity index (χ3n) is 3.76. The van der Waals surface area contributed by atoms with E-state index < -0.39 is 0 Å². The Morgan fingerprint density at radius 3 is 2.32 bits per heavy atom. The molecule has 0 unspecified atom stereocenters. The molecule has 0 saturated carbocycles. The molecule has 0 aromatic carbocycles. The van der Waals surface area contributed by atoms with E-state index in [0.717, 1.165) is 12.8 Å². The Morgan fingerprint density at radius 2 is 1.95 bits per heavy atom. The Bertz CT molecular complexity index is 461. The lowest BCUT2D eigenvalue weighted by molar-refractivity contribution is -0.384. The summed E-state index contributed by atoms with van der Waals surface area (Å²) in [6.45, 7) is 10.0. The molecule has 0 amide bonds. The third kappa shape index (κ3) is 3.05. The zero-order valence-corrected chi connectivity index (χ0v) is 12.6. The highest BCUT2D eigenvalue weighted by Gasteiger charge is 2.32. The number of rotatable bonds is 6. The van der Waals surface area contributed by atoms with E-state index in [-0.39, 0.29) is 22.1 Å². The number of nitro groups is 1. The molecule has 108 valence electrons. The number of nitrogens with one attached hydrogen (secondary N) is 1. The van der Waals surface area contributed by atoms with Gasteiger partial charge in [-0.05, 0) is 19.8 Å². The van der Waals surface area contributed by atoms with Gasteiger partial charge in [0, 0.05) is 18.5 Å². The molecule has 6 heteroatoms. The molecule has 1 heterocycles. The molecular weight excluding hydrogens is 244 g/mol. The summed E-state index contributed by atoms with van der Waals surface area (Å²) in [5.41, 5.74) is 0.475. The highest BCUT2D eigenvalue weighted by Crippen LogP contribution is 2.35. The van der Waals surface area contributed by atoms with Crippen molar-refractivity contribution in [2.45, 2.75) is 58.9 Å². The predicted molar refractivity (Wildman–Crippen MR) is 76.6 cm³/mol. The Hall–Kier alpha value is -1.59. The molecule has 1 aromatic heterocycles. The Kier molecular flexibility index (Phi) is 4.55. The molecule has 0 aliphatic rings. The number of nitrogens with zero attached hydrogens (tertiary/aromatic N) is 3. The molecule has 0 saturated heterocycles. The van der Waals surface area contributed by atoms with E-state index in [9.17, 15) is 10.1 Å². The van der Waals surface area contributed by atoms with Gasteiger partial charge in [0.1, 0.15) is 5.69 Å². The molecule has 0 fully saturated rings. The lowest BCUT2D eigenvalue weighted by Gasteiger charge is -2.28. The van der Waals surface area contributed by atoms with Crippen LogP contribution in [0.4, 0.5) is 11.5 Å². The molecule has 0 spiro atoms. The summed E-state index contributed by atoms with van der Waals surface area (Å²) >= 11 is 0. The van der Waals surface area contributed by atoms with Crippen molar-refractivity contribution in [1.29, 1.82) is 0 Å². The summed E-state index contributed by atoms with van der Waals surface area (Å²) in [6.07, 6.45) is 1.78. The first-order chi connectivity index (χ1) is 8.75. The summed E-state index contributed by atoms with van der Waals surface area (Å²) in [7, 11) is 1.74. The van der Waals surface area contributed by atoms with Crippen LogP contribution in [0, 0.1) is 10.1 Å². The number of aromatic nitrogens is 2. The van der Waals surface area contributed by atoms with Crippen LogP contribution in [-0.4, -0.2) is 20.2 Å². The SMILES string of the molecule is CCC(C)(CC)Nc1c([N+](=O)[O-])c(C(C)C)nn1C. The molecule has 0 radical (unpaired) electrons. The zero-order valence-electron chi connectivity index (χ0n) is 12.6. The second kappa shape index (κ2) is 5.59. The maximum atomic E-state index is 11.3. The van der Waals surface area contributed by atoms with Crippen LogP contribution in [0.1, 0.15) is 59.1 Å². The Morgan fingerprint density at radius 1 is 1.42 bits per heavy atom. The highest BCUT2D eigenvalue weighted by molar-refractivity contribution is 5.61. The van der Waals surface area contributed by atoms with Crippen LogP contribution in [0.3, 0.4) is 0 Å². The second-order valence-electron chi connectivity index (χ2n) is 5.51. The first-order valence-corrected chi connectivity index (χ1v) is 6.75. The monoisotopic (exact) mass is 268 g/mol. The van der Waals surface area contributed by atoms with Gasteiger partial charge in [0.15, 0.2) is 0 Å². The molecular formula is C13H24N4O2. The van der Waals surface area contributed by atoms with E-state index in [1.54, 1.807) is 11.7 Å². The lowest BCUT2D eigenvalue weighted by atomic mass is 9.95. The van der Waals surface area contributed by atoms with E-state index >= 15 is 0 Å². The van der Waals surface area contributed by atoms with Crippen LogP contribution in [0.2, 0.25) is 0 Å². The Balaban J connectivity index is 3.31. The maximum Gasteiger partial charge on any atom is 0.334 e. The van der Waals surface area contributed by atoms with Crippen molar-refractivity contribution in [1.82, 2.24) is 9.78 Å². The van der Waals surface area contributed by atoms with Crippen molar-refractivity contribution in [3.63, 3.8) is 0 Å². The topological polar surface area (TPSA) is 73.0 Å². The minimum absolute atomic E-state index is 0.0247. The molecule has 19 heavy (non-hydrogen) atoms. The van der Waals surface area contributed by atoms with E-state index in [1.165, 1.54) is 0 Å². The predicted octanol–water partition coefficient (Wildman–Crippen LogP) is 3.44. The molecule has 1 rings (SSSR count). The quantitative estimate of drug-likeness (QED) is 0.633. The first kappa shape index (κ1) is 15.5. The van der Waals surface area contributed by atoms with Gasteiger partial charge in [0.25, 0.3) is 0 Å². The van der Waals surface area contributed by atoms with Gasteiger partial charge in [-0.2, -0.15) is 5.10 Å². The van der Waals surface area contributed by atoms with Crippen molar-refractivity contribution in [3.05, 3.63) is 15.8 Å². The minimum Gasteiger partial charge on any atom is -0.359 e. The maximum absolute atomic E-state index is 11.3. The van der Waals surface area contributed by atoms with Crippen molar-refractivity contribution in [3.8, 4) is 0 Å². The van der Waals surface area contributed by atoms with Crippen LogP contribution in [0.5, 0.6) is 0 Å². The number of aryl methyl sites for hydroxylation is 1. The largest absolute Gasteiger partial charge is 0.359 e. The molecule has 6 nitrogen and oxygen atoms in total. The number of hydrogen-bond acceptors (Lipinski definition) is 4. The first-order valence-electron chi connectivity index (χ1n) is 6.75. The van der Waals surface area contributed by atoms with Crippen LogP contribution in [0.15, 0.2) is 0 Å². The zero-order chi connectivity index (χ0) is 14.8. The van der Waals surface area contributed by atoms with E-state index in [2.05, 4.69) is 31.2 Å². The molecule has 0 aliphatic carbocycles. The molecule has 1 aromatic rings. The molecule has 0 aliphatic heterocycles. The molecule has 1 N–H and O–H groups in total. The fourth-order valence-electron chi connectivity index (χ4n) is 1.96. The minimum atomic E-state index is -0.337. The van der Waals surface area contributed by atoms with Gasteiger partial charge in [0.2, 0.25) is 5.82 Å². The highest BCUT2D eigenvalue weighted by atomic mass is 16.6. The average Bonchev–Trinajstić information content (AvgIpc) is 2.67.